The van der Waals surface area contributed by atoms with Crippen molar-refractivity contribution in [2.45, 2.75) is 71.4 Å². The first-order chi connectivity index (χ1) is 20.0. The molecule has 2 heterocycles. The molecular weight excluding hydrogens is 539 g/mol. The fraction of sp³-hybridized carbons (Fsp3) is 0.500. The van der Waals surface area contributed by atoms with Gasteiger partial charge < -0.3 is 24.0 Å². The summed E-state index contributed by atoms with van der Waals surface area (Å²) in [5, 5.41) is 17.6. The molecule has 0 atom stereocenters. The van der Waals surface area contributed by atoms with Gasteiger partial charge in [-0.25, -0.2) is 4.39 Å². The number of halogens is 1. The van der Waals surface area contributed by atoms with Crippen LogP contribution in [0.15, 0.2) is 18.2 Å². The van der Waals surface area contributed by atoms with Gasteiger partial charge in [-0.05, 0) is 48.4 Å². The van der Waals surface area contributed by atoms with E-state index in [1.54, 1.807) is 17.0 Å². The predicted octanol–water partition coefficient (Wildman–Crippen LogP) is 5.36. The molecule has 0 aromatic heterocycles. The van der Waals surface area contributed by atoms with Crippen molar-refractivity contribution in [1.82, 2.24) is 9.80 Å². The van der Waals surface area contributed by atoms with Crippen LogP contribution in [0, 0.1) is 22.6 Å². The summed E-state index contributed by atoms with van der Waals surface area (Å²) in [5.74, 6) is -0.157. The molecule has 0 spiro atoms. The fourth-order valence-corrected chi connectivity index (χ4v) is 5.48. The smallest absolute Gasteiger partial charge is 0.222 e. The van der Waals surface area contributed by atoms with Gasteiger partial charge in [-0.15, -0.1) is 0 Å². The van der Waals surface area contributed by atoms with Crippen LogP contribution in [0.3, 0.4) is 0 Å². The number of amides is 1. The number of Topliss-reactive ketones (excluding diaryl/α,β-unsaturated/α-hetero) is 1. The Hall–Kier alpha value is -4.13. The Bertz CT molecular complexity index is 1430. The first kappa shape index (κ1) is 30.8. The zero-order chi connectivity index (χ0) is 30.6. The summed E-state index contributed by atoms with van der Waals surface area (Å²) in [4.78, 5) is 29.8. The van der Waals surface area contributed by atoms with Gasteiger partial charge in [0.15, 0.2) is 23.1 Å². The zero-order valence-corrected chi connectivity index (χ0v) is 25.1. The number of carbonyl (C=O) groups excluding carboxylic acids is 2. The number of nitriles is 1. The first-order valence-corrected chi connectivity index (χ1v) is 14.3. The van der Waals surface area contributed by atoms with Crippen molar-refractivity contribution in [3.63, 3.8) is 0 Å². The van der Waals surface area contributed by atoms with E-state index in [1.807, 2.05) is 26.8 Å². The molecule has 1 amide bonds. The van der Waals surface area contributed by atoms with Crippen LogP contribution in [0.1, 0.15) is 85.5 Å². The van der Waals surface area contributed by atoms with Gasteiger partial charge in [0, 0.05) is 49.2 Å². The average molecular weight is 579 g/mol. The van der Waals surface area contributed by atoms with Crippen LogP contribution < -0.4 is 14.2 Å². The molecule has 224 valence electrons. The number of fused-ring (bicyclic) bond motifs is 1. The normalized spacial score (nSPS) is 15.0. The van der Waals surface area contributed by atoms with Gasteiger partial charge >= 0.3 is 0 Å². The third-order valence-corrected chi connectivity index (χ3v) is 7.70. The van der Waals surface area contributed by atoms with Crippen molar-refractivity contribution in [2.75, 3.05) is 33.9 Å². The van der Waals surface area contributed by atoms with Gasteiger partial charge in [-0.2, -0.15) is 5.26 Å². The summed E-state index contributed by atoms with van der Waals surface area (Å²) in [5.41, 5.74) is 2.24. The second-order valence-corrected chi connectivity index (χ2v) is 11.7. The quantitative estimate of drug-likeness (QED) is 0.282. The highest BCUT2D eigenvalue weighted by atomic mass is 19.1. The number of nitrogens with one attached hydrogen (secondary N) is 1. The highest BCUT2D eigenvalue weighted by Gasteiger charge is 2.34. The minimum absolute atomic E-state index is 0.0712. The number of unbranched alkanes of at least 4 members (excludes halogenated alkanes) is 1. The molecule has 1 saturated heterocycles. The van der Waals surface area contributed by atoms with Gasteiger partial charge in [0.25, 0.3) is 0 Å². The Labute approximate surface area is 246 Å². The third-order valence-electron chi connectivity index (χ3n) is 7.70. The lowest BCUT2D eigenvalue weighted by atomic mass is 9.83. The van der Waals surface area contributed by atoms with Gasteiger partial charge in [0.1, 0.15) is 11.6 Å². The van der Waals surface area contributed by atoms with E-state index in [0.717, 1.165) is 24.0 Å². The Kier molecular flexibility index (Phi) is 9.40. The summed E-state index contributed by atoms with van der Waals surface area (Å²) in [6.45, 7) is 7.43. The summed E-state index contributed by atoms with van der Waals surface area (Å²) in [6, 6.07) is 7.37. The average Bonchev–Trinajstić information content (AvgIpc) is 3.26. The van der Waals surface area contributed by atoms with Crippen molar-refractivity contribution < 1.29 is 28.2 Å². The number of hydrogen-bond donors (Lipinski definition) is 1. The van der Waals surface area contributed by atoms with E-state index in [9.17, 15) is 9.59 Å². The SMILES string of the molecule is COc1cc2c(c(F)c1OC)C(=N)N(CC(=O)c1cc(CN3CCCCC3=O)c(OCCCC#N)c(C(C)(C)C)c1)C2. The van der Waals surface area contributed by atoms with Crippen LogP contribution in [0.25, 0.3) is 0 Å². The van der Waals surface area contributed by atoms with E-state index >= 15 is 4.39 Å². The number of hydrogen-bond acceptors (Lipinski definition) is 7. The molecule has 1 N–H and O–H groups in total. The van der Waals surface area contributed by atoms with Gasteiger partial charge in [-0.1, -0.05) is 20.8 Å². The van der Waals surface area contributed by atoms with E-state index in [1.165, 1.54) is 19.1 Å². The number of likely N-dealkylation sites (tertiary alicyclic amines) is 1. The molecule has 1 fully saturated rings. The van der Waals surface area contributed by atoms with Crippen molar-refractivity contribution in [3.8, 4) is 23.3 Å². The lowest BCUT2D eigenvalue weighted by Crippen LogP contribution is -2.35. The highest BCUT2D eigenvalue weighted by Crippen LogP contribution is 2.40. The molecule has 0 unspecified atom stereocenters. The van der Waals surface area contributed by atoms with Crippen molar-refractivity contribution >= 4 is 17.5 Å². The molecule has 0 aliphatic carbocycles. The molecule has 0 bridgehead atoms. The molecule has 0 radical (unpaired) electrons. The Morgan fingerprint density at radius 2 is 1.88 bits per heavy atom. The number of methoxy groups -OCH3 is 2. The number of rotatable bonds is 11. The molecule has 10 heteroatoms. The fourth-order valence-electron chi connectivity index (χ4n) is 5.48. The first-order valence-electron chi connectivity index (χ1n) is 14.3. The van der Waals surface area contributed by atoms with Crippen LogP contribution in [0.5, 0.6) is 17.2 Å². The predicted molar refractivity (Wildman–Crippen MR) is 156 cm³/mol. The third kappa shape index (κ3) is 6.35. The Morgan fingerprint density at radius 1 is 1.12 bits per heavy atom. The number of ketones is 1. The van der Waals surface area contributed by atoms with Crippen LogP contribution in [0.4, 0.5) is 4.39 Å². The number of amidine groups is 1. The van der Waals surface area contributed by atoms with Crippen LogP contribution in [0.2, 0.25) is 0 Å². The van der Waals surface area contributed by atoms with Crippen LogP contribution in [-0.4, -0.2) is 61.2 Å². The van der Waals surface area contributed by atoms with E-state index in [-0.39, 0.29) is 47.7 Å². The largest absolute Gasteiger partial charge is 0.493 e. The highest BCUT2D eigenvalue weighted by molar-refractivity contribution is 6.06. The van der Waals surface area contributed by atoms with E-state index < -0.39 is 11.2 Å². The standard InChI is InChI=1S/C32H39FN4O5/c1-32(2,3)23-15-20(14-22(29(23)42-13-9-7-11-34)18-36-12-8-6-10-26(36)39)24(38)19-37-17-21-16-25(40-4)30(41-5)28(33)27(21)31(37)35/h14-16,35H,6-10,12-13,17-19H2,1-5H3. The maximum Gasteiger partial charge on any atom is 0.222 e. The minimum Gasteiger partial charge on any atom is -0.493 e. The van der Waals surface area contributed by atoms with Crippen molar-refractivity contribution in [2.24, 2.45) is 0 Å². The molecule has 2 aliphatic heterocycles. The van der Waals surface area contributed by atoms with E-state index in [2.05, 4.69) is 6.07 Å². The lowest BCUT2D eigenvalue weighted by Gasteiger charge is -2.30. The molecule has 9 nitrogen and oxygen atoms in total. The minimum atomic E-state index is -0.687. The summed E-state index contributed by atoms with van der Waals surface area (Å²) in [6.07, 6.45) is 3.20. The molecular formula is C32H39FN4O5. The van der Waals surface area contributed by atoms with Crippen molar-refractivity contribution in [1.29, 1.82) is 10.7 Å². The van der Waals surface area contributed by atoms with E-state index in [0.29, 0.717) is 55.8 Å². The Morgan fingerprint density at radius 3 is 2.52 bits per heavy atom. The Balaban J connectivity index is 1.68. The number of ether oxygens (including phenoxy) is 3. The second-order valence-electron chi connectivity index (χ2n) is 11.7. The van der Waals surface area contributed by atoms with Gasteiger partial charge in [0.05, 0.1) is 39.0 Å². The van der Waals surface area contributed by atoms with Gasteiger partial charge in [0.2, 0.25) is 5.91 Å². The van der Waals surface area contributed by atoms with Crippen molar-refractivity contribution in [3.05, 3.63) is 51.8 Å². The zero-order valence-electron chi connectivity index (χ0n) is 25.1. The number of benzene rings is 2. The molecule has 2 aliphatic rings. The van der Waals surface area contributed by atoms with E-state index in [4.69, 9.17) is 24.9 Å². The molecule has 4 rings (SSSR count). The molecule has 42 heavy (non-hydrogen) atoms. The molecule has 2 aromatic rings. The van der Waals surface area contributed by atoms with Gasteiger partial charge in [-0.3, -0.25) is 15.0 Å². The van der Waals surface area contributed by atoms with Crippen LogP contribution in [-0.2, 0) is 23.3 Å². The maximum atomic E-state index is 15.3. The number of nitrogens with zero attached hydrogens (tertiary/aromatic N) is 3. The number of piperidine rings is 1. The number of carbonyl (C=O) groups is 2. The second kappa shape index (κ2) is 12.8. The molecule has 2 aromatic carbocycles. The maximum absolute atomic E-state index is 15.3. The van der Waals surface area contributed by atoms with Crippen LogP contribution >= 0.6 is 0 Å². The monoisotopic (exact) mass is 578 g/mol. The summed E-state index contributed by atoms with van der Waals surface area (Å²) >= 11 is 0. The topological polar surface area (TPSA) is 116 Å². The summed E-state index contributed by atoms with van der Waals surface area (Å²) < 4.78 is 32.0. The summed E-state index contributed by atoms with van der Waals surface area (Å²) in [7, 11) is 2.76. The lowest BCUT2D eigenvalue weighted by molar-refractivity contribution is -0.133. The molecule has 0 saturated carbocycles.